The second-order valence-corrected chi connectivity index (χ2v) is 5.36. The molecule has 0 bridgehead atoms. The van der Waals surface area contributed by atoms with E-state index in [4.69, 9.17) is 4.84 Å². The molecule has 1 aromatic heterocycles. The van der Waals surface area contributed by atoms with E-state index < -0.39 is 0 Å². The van der Waals surface area contributed by atoms with Gasteiger partial charge in [-0.25, -0.2) is 10.5 Å². The van der Waals surface area contributed by atoms with Crippen molar-refractivity contribution in [3.63, 3.8) is 0 Å². The molecule has 2 aromatic rings. The summed E-state index contributed by atoms with van der Waals surface area (Å²) in [4.78, 5) is 20.7. The van der Waals surface area contributed by atoms with Gasteiger partial charge in [-0.3, -0.25) is 9.63 Å². The fraction of sp³-hybridized carbons (Fsp3) is 0.429. The lowest BCUT2D eigenvalue weighted by molar-refractivity contribution is -0.133. The number of nitrogens with zero attached hydrogens (tertiary/aromatic N) is 1. The Morgan fingerprint density at radius 3 is 3.00 bits per heavy atom. The van der Waals surface area contributed by atoms with Crippen LogP contribution in [0.5, 0.6) is 0 Å². The molecule has 1 N–H and O–H groups in total. The van der Waals surface area contributed by atoms with Crippen LogP contribution in [0.4, 0.5) is 0 Å². The minimum absolute atomic E-state index is 0.0499. The zero-order valence-corrected chi connectivity index (χ0v) is 11.8. The number of hydrogen-bond acceptors (Lipinski definition) is 4. The van der Waals surface area contributed by atoms with E-state index >= 15 is 0 Å². The van der Waals surface area contributed by atoms with Crippen LogP contribution in [0.15, 0.2) is 24.3 Å². The monoisotopic (exact) mass is 278 g/mol. The molecule has 0 aliphatic rings. The summed E-state index contributed by atoms with van der Waals surface area (Å²) in [5.74, 6) is -0.0499. The average molecular weight is 278 g/mol. The molecule has 0 saturated carbocycles. The van der Waals surface area contributed by atoms with Crippen molar-refractivity contribution in [1.82, 2.24) is 10.5 Å². The van der Waals surface area contributed by atoms with E-state index in [1.807, 2.05) is 25.1 Å². The van der Waals surface area contributed by atoms with Gasteiger partial charge < -0.3 is 0 Å². The lowest BCUT2D eigenvalue weighted by atomic mass is 10.2. The van der Waals surface area contributed by atoms with Gasteiger partial charge in [-0.05, 0) is 38.3 Å². The van der Waals surface area contributed by atoms with Gasteiger partial charge in [0.15, 0.2) is 0 Å². The van der Waals surface area contributed by atoms with Crippen molar-refractivity contribution in [3.05, 3.63) is 29.3 Å². The normalized spacial score (nSPS) is 10.8. The molecule has 0 aliphatic carbocycles. The van der Waals surface area contributed by atoms with Crippen LogP contribution >= 0.6 is 11.3 Å². The molecule has 0 unspecified atom stereocenters. The van der Waals surface area contributed by atoms with Gasteiger partial charge in [0.25, 0.3) is 0 Å². The second kappa shape index (κ2) is 7.21. The molecule has 19 heavy (non-hydrogen) atoms. The number of fused-ring (bicyclic) bond motifs is 1. The van der Waals surface area contributed by atoms with Crippen molar-refractivity contribution in [2.75, 3.05) is 6.61 Å². The van der Waals surface area contributed by atoms with E-state index in [0.717, 1.165) is 29.8 Å². The third-order valence-electron chi connectivity index (χ3n) is 2.71. The SMILES string of the molecule is CCONC(=O)CCCCc1nc2ccccc2s1. The van der Waals surface area contributed by atoms with Crippen LogP contribution in [0.2, 0.25) is 0 Å². The molecule has 5 heteroatoms. The van der Waals surface area contributed by atoms with Crippen LogP contribution in [-0.4, -0.2) is 17.5 Å². The Balaban J connectivity index is 1.72. The van der Waals surface area contributed by atoms with Crippen molar-refractivity contribution in [3.8, 4) is 0 Å². The number of nitrogens with one attached hydrogen (secondary N) is 1. The van der Waals surface area contributed by atoms with E-state index in [-0.39, 0.29) is 5.91 Å². The quantitative estimate of drug-likeness (QED) is 0.625. The first-order valence-corrected chi connectivity index (χ1v) is 7.36. The van der Waals surface area contributed by atoms with Gasteiger partial charge in [-0.1, -0.05) is 12.1 Å². The maximum absolute atomic E-state index is 11.3. The molecule has 1 amide bonds. The molecule has 2 rings (SSSR count). The number of thiazole rings is 1. The Morgan fingerprint density at radius 1 is 1.37 bits per heavy atom. The Bertz CT molecular complexity index is 506. The van der Waals surface area contributed by atoms with E-state index in [1.165, 1.54) is 4.70 Å². The molecule has 0 atom stereocenters. The molecule has 1 heterocycles. The molecule has 4 nitrogen and oxygen atoms in total. The van der Waals surface area contributed by atoms with E-state index in [2.05, 4.69) is 16.5 Å². The number of benzene rings is 1. The van der Waals surface area contributed by atoms with Gasteiger partial charge in [0.1, 0.15) is 0 Å². The largest absolute Gasteiger partial charge is 0.274 e. The first kappa shape index (κ1) is 14.0. The number of carbonyl (C=O) groups is 1. The zero-order valence-electron chi connectivity index (χ0n) is 11.0. The molecular formula is C14H18N2O2S. The van der Waals surface area contributed by atoms with Crippen LogP contribution in [0.3, 0.4) is 0 Å². The summed E-state index contributed by atoms with van der Waals surface area (Å²) in [7, 11) is 0. The molecule has 0 fully saturated rings. The Kier molecular flexibility index (Phi) is 5.30. The minimum Gasteiger partial charge on any atom is -0.274 e. The van der Waals surface area contributed by atoms with Gasteiger partial charge in [-0.15, -0.1) is 11.3 Å². The topological polar surface area (TPSA) is 51.2 Å². The summed E-state index contributed by atoms with van der Waals surface area (Å²) in [5, 5.41) is 1.14. The summed E-state index contributed by atoms with van der Waals surface area (Å²) in [6.45, 7) is 2.34. The fourth-order valence-electron chi connectivity index (χ4n) is 1.79. The number of hydrogen-bond donors (Lipinski definition) is 1. The Hall–Kier alpha value is -1.46. The third-order valence-corrected chi connectivity index (χ3v) is 3.81. The summed E-state index contributed by atoms with van der Waals surface area (Å²) >= 11 is 1.73. The lowest BCUT2D eigenvalue weighted by Gasteiger charge is -2.02. The Labute approximate surface area is 116 Å². The van der Waals surface area contributed by atoms with E-state index in [1.54, 1.807) is 11.3 Å². The van der Waals surface area contributed by atoms with Crippen LogP contribution in [0.1, 0.15) is 31.2 Å². The second-order valence-electron chi connectivity index (χ2n) is 4.24. The van der Waals surface area contributed by atoms with E-state index in [0.29, 0.717) is 13.0 Å². The summed E-state index contributed by atoms with van der Waals surface area (Å²) < 4.78 is 1.23. The average Bonchev–Trinajstić information content (AvgIpc) is 2.84. The highest BCUT2D eigenvalue weighted by atomic mass is 32.1. The predicted molar refractivity (Wildman–Crippen MR) is 76.9 cm³/mol. The number of unbranched alkanes of at least 4 members (excludes halogenated alkanes) is 1. The smallest absolute Gasteiger partial charge is 0.243 e. The number of para-hydroxylation sites is 1. The third kappa shape index (κ3) is 4.29. The van der Waals surface area contributed by atoms with Gasteiger partial charge in [0, 0.05) is 6.42 Å². The number of carbonyl (C=O) groups excluding carboxylic acids is 1. The van der Waals surface area contributed by atoms with Crippen molar-refractivity contribution in [1.29, 1.82) is 0 Å². The van der Waals surface area contributed by atoms with Gasteiger partial charge in [-0.2, -0.15) is 0 Å². The minimum atomic E-state index is -0.0499. The molecule has 0 saturated heterocycles. The summed E-state index contributed by atoms with van der Waals surface area (Å²) in [6, 6.07) is 8.16. The first-order chi connectivity index (χ1) is 9.29. The van der Waals surface area contributed by atoms with Gasteiger partial charge in [0.2, 0.25) is 5.91 Å². The molecule has 1 aromatic carbocycles. The lowest BCUT2D eigenvalue weighted by Crippen LogP contribution is -2.23. The maximum atomic E-state index is 11.3. The zero-order chi connectivity index (χ0) is 13.5. The summed E-state index contributed by atoms with van der Waals surface area (Å²) in [5.41, 5.74) is 3.47. The highest BCUT2D eigenvalue weighted by Gasteiger charge is 2.04. The number of rotatable bonds is 7. The number of aromatic nitrogens is 1. The molecule has 0 radical (unpaired) electrons. The maximum Gasteiger partial charge on any atom is 0.243 e. The van der Waals surface area contributed by atoms with Crippen LogP contribution < -0.4 is 5.48 Å². The molecular weight excluding hydrogens is 260 g/mol. The van der Waals surface area contributed by atoms with Crippen LogP contribution in [0, 0.1) is 0 Å². The standard InChI is InChI=1S/C14H18N2O2S/c1-2-18-16-13(17)9-5-6-10-14-15-11-7-3-4-8-12(11)19-14/h3-4,7-8H,2,5-6,9-10H2,1H3,(H,16,17). The first-order valence-electron chi connectivity index (χ1n) is 6.54. The Morgan fingerprint density at radius 2 is 2.21 bits per heavy atom. The molecule has 0 spiro atoms. The highest BCUT2D eigenvalue weighted by molar-refractivity contribution is 7.18. The van der Waals surface area contributed by atoms with E-state index in [9.17, 15) is 4.79 Å². The summed E-state index contributed by atoms with van der Waals surface area (Å²) in [6.07, 6.45) is 3.26. The molecule has 102 valence electrons. The van der Waals surface area contributed by atoms with Crippen molar-refractivity contribution < 1.29 is 9.63 Å². The number of aryl methyl sites for hydroxylation is 1. The van der Waals surface area contributed by atoms with Crippen molar-refractivity contribution >= 4 is 27.5 Å². The van der Waals surface area contributed by atoms with Gasteiger partial charge >= 0.3 is 0 Å². The predicted octanol–water partition coefficient (Wildman–Crippen LogP) is 3.08. The van der Waals surface area contributed by atoms with Crippen molar-refractivity contribution in [2.45, 2.75) is 32.6 Å². The fourth-order valence-corrected chi connectivity index (χ4v) is 2.80. The molecule has 0 aliphatic heterocycles. The number of hydroxylamine groups is 1. The van der Waals surface area contributed by atoms with Crippen LogP contribution in [0.25, 0.3) is 10.2 Å². The van der Waals surface area contributed by atoms with Crippen molar-refractivity contribution in [2.24, 2.45) is 0 Å². The number of amides is 1. The highest BCUT2D eigenvalue weighted by Crippen LogP contribution is 2.22. The van der Waals surface area contributed by atoms with Gasteiger partial charge in [0.05, 0.1) is 21.8 Å². The van der Waals surface area contributed by atoms with Crippen LogP contribution in [-0.2, 0) is 16.1 Å².